The van der Waals surface area contributed by atoms with E-state index in [2.05, 4.69) is 15.4 Å². The van der Waals surface area contributed by atoms with Crippen LogP contribution in [0.5, 0.6) is 11.6 Å². The van der Waals surface area contributed by atoms with Gasteiger partial charge < -0.3 is 10.2 Å². The summed E-state index contributed by atoms with van der Waals surface area (Å²) in [4.78, 5) is 8.27. The highest BCUT2D eigenvalue weighted by molar-refractivity contribution is 5.39. The summed E-state index contributed by atoms with van der Waals surface area (Å²) in [7, 11) is 0. The quantitative estimate of drug-likeness (QED) is 0.665. The molecule has 0 saturated carbocycles. The van der Waals surface area contributed by atoms with Crippen LogP contribution < -0.4 is 16.0 Å². The van der Waals surface area contributed by atoms with E-state index in [9.17, 15) is 8.78 Å². The number of anilines is 1. The Morgan fingerprint density at radius 2 is 2.00 bits per heavy atom. The topological polar surface area (TPSA) is 73.1 Å². The summed E-state index contributed by atoms with van der Waals surface area (Å²) in [6, 6.07) is 5.07. The van der Waals surface area contributed by atoms with Crippen molar-refractivity contribution in [2.75, 3.05) is 5.43 Å². The predicted molar refractivity (Wildman–Crippen MR) is 70.4 cm³/mol. The summed E-state index contributed by atoms with van der Waals surface area (Å²) in [6.45, 7) is 3.78. The molecule has 106 valence electrons. The van der Waals surface area contributed by atoms with Crippen molar-refractivity contribution in [3.63, 3.8) is 0 Å². The second-order valence-electron chi connectivity index (χ2n) is 4.40. The van der Waals surface area contributed by atoms with Crippen molar-refractivity contribution in [2.24, 2.45) is 5.84 Å². The SMILES string of the molecule is CC(C)c1nc(NN)cc(Oc2cccc(F)c2F)n1. The number of nitrogen functional groups attached to an aromatic ring is 1. The summed E-state index contributed by atoms with van der Waals surface area (Å²) in [6.07, 6.45) is 0. The predicted octanol–water partition coefficient (Wildman–Crippen LogP) is 2.96. The lowest BCUT2D eigenvalue weighted by Gasteiger charge is -2.11. The molecule has 0 aliphatic heterocycles. The van der Waals surface area contributed by atoms with Crippen molar-refractivity contribution in [1.29, 1.82) is 0 Å². The van der Waals surface area contributed by atoms with Gasteiger partial charge in [0.25, 0.3) is 0 Å². The van der Waals surface area contributed by atoms with Crippen LogP contribution in [0.25, 0.3) is 0 Å². The third kappa shape index (κ3) is 3.00. The van der Waals surface area contributed by atoms with Crippen LogP contribution in [0.3, 0.4) is 0 Å². The van der Waals surface area contributed by atoms with Crippen LogP contribution in [0.15, 0.2) is 24.3 Å². The zero-order valence-electron chi connectivity index (χ0n) is 11.0. The maximum atomic E-state index is 13.5. The van der Waals surface area contributed by atoms with E-state index >= 15 is 0 Å². The lowest BCUT2D eigenvalue weighted by atomic mass is 10.2. The minimum absolute atomic E-state index is 0.0306. The van der Waals surface area contributed by atoms with E-state index in [0.717, 1.165) is 6.07 Å². The summed E-state index contributed by atoms with van der Waals surface area (Å²) < 4.78 is 31.9. The maximum absolute atomic E-state index is 13.5. The van der Waals surface area contributed by atoms with Crippen LogP contribution in [-0.2, 0) is 0 Å². The highest BCUT2D eigenvalue weighted by atomic mass is 19.2. The highest BCUT2D eigenvalue weighted by Crippen LogP contribution is 2.26. The Labute approximate surface area is 114 Å². The van der Waals surface area contributed by atoms with Gasteiger partial charge in [-0.15, -0.1) is 0 Å². The molecule has 0 amide bonds. The fourth-order valence-electron chi connectivity index (χ4n) is 1.50. The number of rotatable bonds is 4. The number of halogens is 2. The van der Waals surface area contributed by atoms with Gasteiger partial charge in [-0.3, -0.25) is 0 Å². The molecule has 7 heteroatoms. The highest BCUT2D eigenvalue weighted by Gasteiger charge is 2.13. The Bertz CT molecular complexity index is 619. The standard InChI is InChI=1S/C13H14F2N4O/c1-7(2)13-17-10(19-16)6-11(18-13)20-9-5-3-4-8(14)12(9)15/h3-7H,16H2,1-2H3,(H,17,18,19). The zero-order valence-corrected chi connectivity index (χ0v) is 11.0. The molecule has 0 atom stereocenters. The van der Waals surface area contributed by atoms with Crippen LogP contribution in [0.2, 0.25) is 0 Å². The largest absolute Gasteiger partial charge is 0.436 e. The number of hydrazine groups is 1. The van der Waals surface area contributed by atoms with Crippen LogP contribution in [0.4, 0.5) is 14.6 Å². The molecule has 0 aliphatic rings. The fraction of sp³-hybridized carbons (Fsp3) is 0.231. The molecule has 1 aromatic heterocycles. The summed E-state index contributed by atoms with van der Waals surface area (Å²) in [5.74, 6) is 3.92. The van der Waals surface area contributed by atoms with Crippen molar-refractivity contribution in [3.05, 3.63) is 41.7 Å². The van der Waals surface area contributed by atoms with E-state index in [0.29, 0.717) is 11.6 Å². The van der Waals surface area contributed by atoms with Crippen LogP contribution >= 0.6 is 0 Å². The normalized spacial score (nSPS) is 10.7. The second-order valence-corrected chi connectivity index (χ2v) is 4.40. The lowest BCUT2D eigenvalue weighted by Crippen LogP contribution is -2.11. The molecule has 1 aromatic carbocycles. The average Bonchev–Trinajstić information content (AvgIpc) is 2.43. The van der Waals surface area contributed by atoms with Crippen LogP contribution in [0, 0.1) is 11.6 Å². The first-order chi connectivity index (χ1) is 9.51. The van der Waals surface area contributed by atoms with E-state index in [1.165, 1.54) is 18.2 Å². The number of hydrogen-bond donors (Lipinski definition) is 2. The van der Waals surface area contributed by atoms with Gasteiger partial charge >= 0.3 is 0 Å². The van der Waals surface area contributed by atoms with Gasteiger partial charge in [-0.05, 0) is 12.1 Å². The van der Waals surface area contributed by atoms with Gasteiger partial charge in [0, 0.05) is 12.0 Å². The number of aromatic nitrogens is 2. The van der Waals surface area contributed by atoms with E-state index in [-0.39, 0.29) is 17.5 Å². The first-order valence-electron chi connectivity index (χ1n) is 5.98. The molecule has 2 rings (SSSR count). The fourth-order valence-corrected chi connectivity index (χ4v) is 1.50. The van der Waals surface area contributed by atoms with Crippen molar-refractivity contribution in [1.82, 2.24) is 9.97 Å². The van der Waals surface area contributed by atoms with Gasteiger partial charge in [-0.2, -0.15) is 9.37 Å². The van der Waals surface area contributed by atoms with Crippen molar-refractivity contribution in [3.8, 4) is 11.6 Å². The van der Waals surface area contributed by atoms with E-state index in [4.69, 9.17) is 10.6 Å². The Morgan fingerprint density at radius 1 is 1.25 bits per heavy atom. The molecule has 3 N–H and O–H groups in total. The number of nitrogens with one attached hydrogen (secondary N) is 1. The van der Waals surface area contributed by atoms with Crippen molar-refractivity contribution in [2.45, 2.75) is 19.8 Å². The van der Waals surface area contributed by atoms with Crippen molar-refractivity contribution >= 4 is 5.82 Å². The van der Waals surface area contributed by atoms with Gasteiger partial charge in [-0.1, -0.05) is 19.9 Å². The van der Waals surface area contributed by atoms with Crippen LogP contribution in [0.1, 0.15) is 25.6 Å². The molecular formula is C13H14F2N4O. The average molecular weight is 280 g/mol. The maximum Gasteiger partial charge on any atom is 0.224 e. The molecule has 0 saturated heterocycles. The van der Waals surface area contributed by atoms with E-state index in [1.54, 1.807) is 0 Å². The minimum Gasteiger partial charge on any atom is -0.436 e. The minimum atomic E-state index is -1.07. The van der Waals surface area contributed by atoms with Crippen molar-refractivity contribution < 1.29 is 13.5 Å². The number of hydrogen-bond acceptors (Lipinski definition) is 5. The molecule has 0 radical (unpaired) electrons. The van der Waals surface area contributed by atoms with Gasteiger partial charge in [0.15, 0.2) is 11.6 Å². The third-order valence-corrected chi connectivity index (χ3v) is 2.51. The molecule has 5 nitrogen and oxygen atoms in total. The smallest absolute Gasteiger partial charge is 0.224 e. The molecule has 0 spiro atoms. The summed E-state index contributed by atoms with van der Waals surface area (Å²) in [5.41, 5.74) is 2.38. The number of nitrogens with two attached hydrogens (primary N) is 1. The molecular weight excluding hydrogens is 266 g/mol. The number of benzene rings is 1. The first-order valence-corrected chi connectivity index (χ1v) is 5.98. The first kappa shape index (κ1) is 14.1. The molecule has 0 unspecified atom stereocenters. The van der Waals surface area contributed by atoms with Gasteiger partial charge in [0.2, 0.25) is 11.7 Å². The Balaban J connectivity index is 2.37. The number of nitrogens with zero attached hydrogens (tertiary/aromatic N) is 2. The Morgan fingerprint density at radius 3 is 2.65 bits per heavy atom. The third-order valence-electron chi connectivity index (χ3n) is 2.51. The van der Waals surface area contributed by atoms with Gasteiger partial charge in [-0.25, -0.2) is 15.2 Å². The van der Waals surface area contributed by atoms with E-state index < -0.39 is 11.6 Å². The van der Waals surface area contributed by atoms with E-state index in [1.807, 2.05) is 13.8 Å². The van der Waals surface area contributed by atoms with Gasteiger partial charge in [0.1, 0.15) is 11.6 Å². The Kier molecular flexibility index (Phi) is 4.09. The van der Waals surface area contributed by atoms with Crippen LogP contribution in [-0.4, -0.2) is 9.97 Å². The molecule has 0 bridgehead atoms. The second kappa shape index (κ2) is 5.79. The molecule has 0 fully saturated rings. The zero-order chi connectivity index (χ0) is 14.7. The molecule has 20 heavy (non-hydrogen) atoms. The monoisotopic (exact) mass is 280 g/mol. The molecule has 1 heterocycles. The Hall–Kier alpha value is -2.28. The van der Waals surface area contributed by atoms with Gasteiger partial charge in [0.05, 0.1) is 0 Å². The summed E-state index contributed by atoms with van der Waals surface area (Å²) >= 11 is 0. The molecule has 2 aromatic rings. The number of ether oxygens (including phenoxy) is 1. The summed E-state index contributed by atoms with van der Waals surface area (Å²) in [5, 5.41) is 0. The lowest BCUT2D eigenvalue weighted by molar-refractivity contribution is 0.403. The molecule has 0 aliphatic carbocycles.